The van der Waals surface area contributed by atoms with Crippen molar-refractivity contribution >= 4 is 5.91 Å². The Kier molecular flexibility index (Phi) is 5.90. The summed E-state index contributed by atoms with van der Waals surface area (Å²) in [5.41, 5.74) is 8.49. The topological polar surface area (TPSA) is 64.3 Å². The van der Waals surface area contributed by atoms with Gasteiger partial charge in [0.05, 0.1) is 6.10 Å². The van der Waals surface area contributed by atoms with Crippen LogP contribution in [-0.2, 0) is 9.53 Å². The van der Waals surface area contributed by atoms with Gasteiger partial charge in [0.25, 0.3) is 0 Å². The zero-order valence-corrected chi connectivity index (χ0v) is 14.7. The smallest absolute Gasteiger partial charge is 0.223 e. The maximum absolute atomic E-state index is 12.5. The quantitative estimate of drug-likeness (QED) is 0.891. The SMILES string of the molecule is Cc1ccc(C2OCCCC2CNC(=O)C2CCCC(N)C2)cc1. The Labute approximate surface area is 145 Å². The number of benzene rings is 1. The molecule has 4 unspecified atom stereocenters. The number of aryl methyl sites for hydroxylation is 1. The molecule has 1 aromatic carbocycles. The Balaban J connectivity index is 1.57. The maximum Gasteiger partial charge on any atom is 0.223 e. The second-order valence-electron chi connectivity index (χ2n) is 7.47. The molecular weight excluding hydrogens is 300 g/mol. The molecule has 4 atom stereocenters. The molecule has 1 saturated carbocycles. The molecule has 0 radical (unpaired) electrons. The Morgan fingerprint density at radius 2 is 2.00 bits per heavy atom. The minimum atomic E-state index is 0.0910. The molecule has 1 aliphatic heterocycles. The van der Waals surface area contributed by atoms with Crippen LogP contribution < -0.4 is 11.1 Å². The van der Waals surface area contributed by atoms with Crippen LogP contribution in [0, 0.1) is 18.8 Å². The van der Waals surface area contributed by atoms with Crippen LogP contribution in [0.25, 0.3) is 0 Å². The van der Waals surface area contributed by atoms with Gasteiger partial charge in [-0.15, -0.1) is 0 Å². The second-order valence-corrected chi connectivity index (χ2v) is 7.47. The molecule has 0 bridgehead atoms. The van der Waals surface area contributed by atoms with Crippen molar-refractivity contribution in [3.05, 3.63) is 35.4 Å². The Hall–Kier alpha value is -1.39. The lowest BCUT2D eigenvalue weighted by atomic mass is 9.85. The van der Waals surface area contributed by atoms with E-state index in [1.165, 1.54) is 11.1 Å². The van der Waals surface area contributed by atoms with Crippen LogP contribution in [0.2, 0.25) is 0 Å². The van der Waals surface area contributed by atoms with Crippen LogP contribution in [-0.4, -0.2) is 25.1 Å². The van der Waals surface area contributed by atoms with E-state index in [-0.39, 0.29) is 24.0 Å². The van der Waals surface area contributed by atoms with Crippen molar-refractivity contribution < 1.29 is 9.53 Å². The van der Waals surface area contributed by atoms with Crippen molar-refractivity contribution in [2.75, 3.05) is 13.2 Å². The third-order valence-electron chi connectivity index (χ3n) is 5.47. The fraction of sp³-hybridized carbons (Fsp3) is 0.650. The van der Waals surface area contributed by atoms with Gasteiger partial charge in [0.15, 0.2) is 0 Å². The zero-order chi connectivity index (χ0) is 16.9. The summed E-state index contributed by atoms with van der Waals surface area (Å²) in [5.74, 6) is 0.622. The monoisotopic (exact) mass is 330 g/mol. The summed E-state index contributed by atoms with van der Waals surface area (Å²) in [5, 5.41) is 3.18. The molecule has 2 aliphatic rings. The molecule has 24 heavy (non-hydrogen) atoms. The number of amides is 1. The predicted molar refractivity (Wildman–Crippen MR) is 95.5 cm³/mol. The normalized spacial score (nSPS) is 30.8. The van der Waals surface area contributed by atoms with Crippen LogP contribution in [0.5, 0.6) is 0 Å². The van der Waals surface area contributed by atoms with E-state index in [0.29, 0.717) is 12.5 Å². The summed E-state index contributed by atoms with van der Waals surface area (Å²) in [7, 11) is 0. The van der Waals surface area contributed by atoms with Crippen LogP contribution in [0.3, 0.4) is 0 Å². The third-order valence-corrected chi connectivity index (χ3v) is 5.47. The lowest BCUT2D eigenvalue weighted by Crippen LogP contribution is -2.41. The second kappa shape index (κ2) is 8.13. The first-order chi connectivity index (χ1) is 11.6. The van der Waals surface area contributed by atoms with Crippen molar-refractivity contribution in [2.45, 2.75) is 57.6 Å². The van der Waals surface area contributed by atoms with Crippen molar-refractivity contribution in [2.24, 2.45) is 17.6 Å². The van der Waals surface area contributed by atoms with E-state index < -0.39 is 0 Å². The molecule has 3 rings (SSSR count). The first-order valence-electron chi connectivity index (χ1n) is 9.35. The molecule has 1 aromatic rings. The Morgan fingerprint density at radius 1 is 1.21 bits per heavy atom. The van der Waals surface area contributed by atoms with Gasteiger partial charge in [-0.05, 0) is 44.6 Å². The molecule has 1 heterocycles. The van der Waals surface area contributed by atoms with E-state index >= 15 is 0 Å². The van der Waals surface area contributed by atoms with E-state index in [4.69, 9.17) is 10.5 Å². The molecule has 2 fully saturated rings. The summed E-state index contributed by atoms with van der Waals surface area (Å²) in [6.07, 6.45) is 6.18. The zero-order valence-electron chi connectivity index (χ0n) is 14.7. The van der Waals surface area contributed by atoms with Gasteiger partial charge in [0.1, 0.15) is 0 Å². The lowest BCUT2D eigenvalue weighted by Gasteiger charge is -2.33. The minimum Gasteiger partial charge on any atom is -0.373 e. The lowest BCUT2D eigenvalue weighted by molar-refractivity contribution is -0.126. The molecule has 1 aliphatic carbocycles. The number of carbonyl (C=O) groups excluding carboxylic acids is 1. The molecule has 3 N–H and O–H groups in total. The van der Waals surface area contributed by atoms with E-state index in [1.54, 1.807) is 0 Å². The molecule has 1 amide bonds. The molecule has 4 heteroatoms. The Bertz CT molecular complexity index is 543. The summed E-state index contributed by atoms with van der Waals surface area (Å²) in [4.78, 5) is 12.5. The highest BCUT2D eigenvalue weighted by atomic mass is 16.5. The number of carbonyl (C=O) groups is 1. The van der Waals surface area contributed by atoms with Crippen LogP contribution in [0.15, 0.2) is 24.3 Å². The van der Waals surface area contributed by atoms with Crippen molar-refractivity contribution in [3.63, 3.8) is 0 Å². The number of nitrogens with one attached hydrogen (secondary N) is 1. The number of hydrogen-bond acceptors (Lipinski definition) is 3. The van der Waals surface area contributed by atoms with Crippen molar-refractivity contribution in [3.8, 4) is 0 Å². The number of rotatable bonds is 4. The summed E-state index contributed by atoms with van der Waals surface area (Å²) < 4.78 is 6.04. The molecule has 0 aromatic heterocycles. The summed E-state index contributed by atoms with van der Waals surface area (Å²) in [6.45, 7) is 3.60. The van der Waals surface area contributed by atoms with E-state index in [1.807, 2.05) is 0 Å². The van der Waals surface area contributed by atoms with E-state index in [9.17, 15) is 4.79 Å². The largest absolute Gasteiger partial charge is 0.373 e. The maximum atomic E-state index is 12.5. The summed E-state index contributed by atoms with van der Waals surface area (Å²) in [6, 6.07) is 8.76. The van der Waals surface area contributed by atoms with Gasteiger partial charge in [-0.25, -0.2) is 0 Å². The minimum absolute atomic E-state index is 0.0910. The summed E-state index contributed by atoms with van der Waals surface area (Å²) >= 11 is 0. The van der Waals surface area contributed by atoms with Crippen molar-refractivity contribution in [1.29, 1.82) is 0 Å². The van der Waals surface area contributed by atoms with Gasteiger partial charge < -0.3 is 15.8 Å². The van der Waals surface area contributed by atoms with Crippen LogP contribution in [0.4, 0.5) is 0 Å². The van der Waals surface area contributed by atoms with Gasteiger partial charge in [-0.1, -0.05) is 36.2 Å². The van der Waals surface area contributed by atoms with Gasteiger partial charge in [-0.2, -0.15) is 0 Å². The first kappa shape index (κ1) is 17.4. The highest BCUT2D eigenvalue weighted by Gasteiger charge is 2.30. The average molecular weight is 330 g/mol. The van der Waals surface area contributed by atoms with Crippen LogP contribution >= 0.6 is 0 Å². The van der Waals surface area contributed by atoms with E-state index in [2.05, 4.69) is 36.5 Å². The number of hydrogen-bond donors (Lipinski definition) is 2. The van der Waals surface area contributed by atoms with Crippen LogP contribution in [0.1, 0.15) is 55.8 Å². The number of nitrogens with two attached hydrogens (primary N) is 1. The molecule has 1 saturated heterocycles. The standard InChI is InChI=1S/C20H30N2O2/c1-14-7-9-15(10-8-14)19-17(5-3-11-24-19)13-22-20(23)16-4-2-6-18(21)12-16/h7-10,16-19H,2-6,11-13,21H2,1H3,(H,22,23). The van der Waals surface area contributed by atoms with Gasteiger partial charge >= 0.3 is 0 Å². The molecular formula is C20H30N2O2. The first-order valence-corrected chi connectivity index (χ1v) is 9.35. The van der Waals surface area contributed by atoms with Gasteiger partial charge in [0.2, 0.25) is 5.91 Å². The fourth-order valence-electron chi connectivity index (χ4n) is 4.02. The number of ether oxygens (including phenoxy) is 1. The Morgan fingerprint density at radius 3 is 2.75 bits per heavy atom. The fourth-order valence-corrected chi connectivity index (χ4v) is 4.02. The van der Waals surface area contributed by atoms with Crippen molar-refractivity contribution in [1.82, 2.24) is 5.32 Å². The van der Waals surface area contributed by atoms with E-state index in [0.717, 1.165) is 45.1 Å². The predicted octanol–water partition coefficient (Wildman–Crippen LogP) is 3.10. The van der Waals surface area contributed by atoms with Gasteiger partial charge in [0, 0.05) is 31.0 Å². The molecule has 132 valence electrons. The third kappa shape index (κ3) is 4.37. The molecule has 0 spiro atoms. The highest BCUT2D eigenvalue weighted by Crippen LogP contribution is 2.33. The van der Waals surface area contributed by atoms with Gasteiger partial charge in [-0.3, -0.25) is 4.79 Å². The highest BCUT2D eigenvalue weighted by molar-refractivity contribution is 5.78. The average Bonchev–Trinajstić information content (AvgIpc) is 2.61. The molecule has 4 nitrogen and oxygen atoms in total.